The van der Waals surface area contributed by atoms with E-state index in [0.717, 1.165) is 53.5 Å². The van der Waals surface area contributed by atoms with Crippen LogP contribution in [0.1, 0.15) is 87.5 Å². The monoisotopic (exact) mass is 430 g/mol. The van der Waals surface area contributed by atoms with E-state index in [0.29, 0.717) is 19.6 Å². The van der Waals surface area contributed by atoms with Crippen LogP contribution in [0.2, 0.25) is 0 Å². The third-order valence-corrected chi connectivity index (χ3v) is 6.49. The van der Waals surface area contributed by atoms with E-state index in [9.17, 15) is 13.6 Å². The van der Waals surface area contributed by atoms with Crippen LogP contribution in [0.5, 0.6) is 0 Å². The predicted molar refractivity (Wildman–Crippen MR) is 118 cm³/mol. The molecule has 1 aromatic heterocycles. The first kappa shape index (κ1) is 21.8. The molecule has 0 aliphatic carbocycles. The quantitative estimate of drug-likeness (QED) is 0.642. The lowest BCUT2D eigenvalue weighted by Gasteiger charge is -2.34. The molecule has 2 aromatic rings. The van der Waals surface area contributed by atoms with Crippen molar-refractivity contribution in [3.8, 4) is 0 Å². The molecule has 5 nitrogen and oxygen atoms in total. The van der Waals surface area contributed by atoms with Gasteiger partial charge in [0.15, 0.2) is 5.82 Å². The van der Waals surface area contributed by atoms with E-state index in [1.54, 1.807) is 13.0 Å². The first-order valence-electron chi connectivity index (χ1n) is 11.3. The maximum atomic E-state index is 13.9. The van der Waals surface area contributed by atoms with Gasteiger partial charge in [-0.15, -0.1) is 0 Å². The third kappa shape index (κ3) is 3.83. The second-order valence-corrected chi connectivity index (χ2v) is 9.31. The Morgan fingerprint density at radius 1 is 1.03 bits per heavy atom. The fourth-order valence-electron chi connectivity index (χ4n) is 4.88. The molecule has 2 aliphatic rings. The van der Waals surface area contributed by atoms with Crippen molar-refractivity contribution in [3.63, 3.8) is 0 Å². The van der Waals surface area contributed by atoms with Crippen molar-refractivity contribution >= 4 is 17.4 Å². The summed E-state index contributed by atoms with van der Waals surface area (Å²) in [7, 11) is 0. The molecule has 7 heteroatoms. The fraction of sp³-hybridized carbons (Fsp3) is 0.583. The van der Waals surface area contributed by atoms with E-state index < -0.39 is 6.43 Å². The zero-order valence-corrected chi connectivity index (χ0v) is 19.1. The van der Waals surface area contributed by atoms with E-state index in [-0.39, 0.29) is 23.3 Å². The van der Waals surface area contributed by atoms with Crippen LogP contribution in [0.25, 0.3) is 0 Å². The zero-order valence-electron chi connectivity index (χ0n) is 19.1. The van der Waals surface area contributed by atoms with Crippen LogP contribution >= 0.6 is 0 Å². The highest BCUT2D eigenvalue weighted by molar-refractivity contribution is 5.74. The van der Waals surface area contributed by atoms with Crippen molar-refractivity contribution in [2.45, 2.75) is 78.8 Å². The molecule has 0 saturated heterocycles. The van der Waals surface area contributed by atoms with E-state index in [4.69, 9.17) is 4.98 Å². The van der Waals surface area contributed by atoms with Gasteiger partial charge in [0.05, 0.1) is 12.2 Å². The number of benzene rings is 1. The van der Waals surface area contributed by atoms with Crippen molar-refractivity contribution < 1.29 is 13.6 Å². The van der Waals surface area contributed by atoms with Crippen LogP contribution in [0, 0.1) is 0 Å². The fourth-order valence-corrected chi connectivity index (χ4v) is 4.88. The Morgan fingerprint density at radius 3 is 2.39 bits per heavy atom. The number of fused-ring (bicyclic) bond motifs is 2. The van der Waals surface area contributed by atoms with Gasteiger partial charge < -0.3 is 14.4 Å². The van der Waals surface area contributed by atoms with E-state index >= 15 is 0 Å². The summed E-state index contributed by atoms with van der Waals surface area (Å²) in [5.41, 5.74) is 3.79. The number of aromatic nitrogens is 2. The molecule has 0 bridgehead atoms. The van der Waals surface area contributed by atoms with E-state index in [2.05, 4.69) is 23.3 Å². The van der Waals surface area contributed by atoms with Crippen LogP contribution < -0.4 is 4.90 Å². The molecule has 0 unspecified atom stereocenters. The predicted octanol–water partition coefficient (Wildman–Crippen LogP) is 5.51. The number of alkyl halides is 2. The Morgan fingerprint density at radius 2 is 1.77 bits per heavy atom. The minimum absolute atomic E-state index is 0.0433. The second-order valence-electron chi connectivity index (χ2n) is 9.31. The van der Waals surface area contributed by atoms with Gasteiger partial charge in [0.2, 0.25) is 5.91 Å². The molecule has 168 valence electrons. The van der Waals surface area contributed by atoms with Gasteiger partial charge >= 0.3 is 0 Å². The molecular formula is C24H32F2N4O. The van der Waals surface area contributed by atoms with Crippen molar-refractivity contribution in [2.75, 3.05) is 18.0 Å². The number of nitrogens with zero attached hydrogens (tertiary/aromatic N) is 4. The summed E-state index contributed by atoms with van der Waals surface area (Å²) in [5.74, 6) is 2.13. The summed E-state index contributed by atoms with van der Waals surface area (Å²) in [4.78, 5) is 21.0. The van der Waals surface area contributed by atoms with Gasteiger partial charge in [-0.25, -0.2) is 13.8 Å². The summed E-state index contributed by atoms with van der Waals surface area (Å²) in [6.45, 7) is 12.4. The Bertz CT molecular complexity index is 996. The summed E-state index contributed by atoms with van der Waals surface area (Å²) < 4.78 is 30.1. The molecule has 0 spiro atoms. The number of carbonyl (C=O) groups excluding carboxylic acids is 1. The minimum Gasteiger partial charge on any atom is -0.335 e. The van der Waals surface area contributed by atoms with Crippen molar-refractivity contribution in [1.29, 1.82) is 0 Å². The molecule has 2 aliphatic heterocycles. The van der Waals surface area contributed by atoms with Gasteiger partial charge in [0, 0.05) is 43.7 Å². The number of imidazole rings is 1. The highest BCUT2D eigenvalue weighted by atomic mass is 19.3. The highest BCUT2D eigenvalue weighted by Gasteiger charge is 2.32. The smallest absolute Gasteiger partial charge is 0.264 e. The van der Waals surface area contributed by atoms with Crippen LogP contribution in [0.3, 0.4) is 0 Å². The molecule has 0 N–H and O–H groups in total. The number of aryl methyl sites for hydroxylation is 1. The molecular weight excluding hydrogens is 398 g/mol. The molecule has 0 saturated carbocycles. The Hall–Kier alpha value is -2.44. The number of anilines is 2. The van der Waals surface area contributed by atoms with Gasteiger partial charge in [0.1, 0.15) is 5.82 Å². The maximum absolute atomic E-state index is 13.9. The first-order valence-corrected chi connectivity index (χ1v) is 11.3. The second kappa shape index (κ2) is 8.24. The average Bonchev–Trinajstić information content (AvgIpc) is 3.11. The molecule has 0 atom stereocenters. The molecule has 31 heavy (non-hydrogen) atoms. The third-order valence-electron chi connectivity index (χ3n) is 6.49. The summed E-state index contributed by atoms with van der Waals surface area (Å²) in [6.07, 6.45) is -0.693. The van der Waals surface area contributed by atoms with E-state index in [1.807, 2.05) is 24.8 Å². The largest absolute Gasteiger partial charge is 0.335 e. The SMILES string of the molecule is CC(=O)N1CCn2c(C(C)C)nc(N3CCCc4cc(C(C)C)c(C(F)F)cc43)c2C1. The number of carbonyl (C=O) groups is 1. The maximum Gasteiger partial charge on any atom is 0.264 e. The minimum atomic E-state index is -2.51. The van der Waals surface area contributed by atoms with Gasteiger partial charge in [-0.3, -0.25) is 4.79 Å². The van der Waals surface area contributed by atoms with Crippen LogP contribution in [0.15, 0.2) is 12.1 Å². The first-order chi connectivity index (χ1) is 14.7. The highest BCUT2D eigenvalue weighted by Crippen LogP contribution is 2.41. The number of hydrogen-bond acceptors (Lipinski definition) is 3. The van der Waals surface area contributed by atoms with Gasteiger partial charge in [0.25, 0.3) is 6.43 Å². The molecule has 1 amide bonds. The molecule has 3 heterocycles. The van der Waals surface area contributed by atoms with Gasteiger partial charge in [-0.1, -0.05) is 33.8 Å². The summed E-state index contributed by atoms with van der Waals surface area (Å²) in [5, 5.41) is 0. The van der Waals surface area contributed by atoms with Gasteiger partial charge in [-0.05, 0) is 36.0 Å². The lowest BCUT2D eigenvalue weighted by molar-refractivity contribution is -0.130. The van der Waals surface area contributed by atoms with Crippen molar-refractivity contribution in [2.24, 2.45) is 0 Å². The van der Waals surface area contributed by atoms with Crippen LogP contribution in [0.4, 0.5) is 20.3 Å². The summed E-state index contributed by atoms with van der Waals surface area (Å²) >= 11 is 0. The Labute approximate surface area is 183 Å². The average molecular weight is 431 g/mol. The van der Waals surface area contributed by atoms with Crippen LogP contribution in [-0.2, 0) is 24.3 Å². The van der Waals surface area contributed by atoms with Crippen molar-refractivity contribution in [3.05, 3.63) is 40.3 Å². The number of rotatable bonds is 4. The zero-order chi connectivity index (χ0) is 22.4. The molecule has 0 fully saturated rings. The number of hydrogen-bond donors (Lipinski definition) is 0. The van der Waals surface area contributed by atoms with Gasteiger partial charge in [-0.2, -0.15) is 0 Å². The molecule has 1 aromatic carbocycles. The van der Waals surface area contributed by atoms with Crippen molar-refractivity contribution in [1.82, 2.24) is 14.5 Å². The lowest BCUT2D eigenvalue weighted by Crippen LogP contribution is -2.38. The molecule has 4 rings (SSSR count). The Kier molecular flexibility index (Phi) is 5.79. The Balaban J connectivity index is 1.86. The van der Waals surface area contributed by atoms with Crippen LogP contribution in [-0.4, -0.2) is 33.4 Å². The standard InChI is InChI=1S/C24H32F2N4O/c1-14(2)18-11-17-7-6-8-29(20(17)12-19(18)22(25)26)24-21-13-28(16(5)31)9-10-30(21)23(27-24)15(3)4/h11-12,14-15,22H,6-10,13H2,1-5H3. The van der Waals surface area contributed by atoms with E-state index in [1.165, 1.54) is 0 Å². The number of halogens is 2. The summed E-state index contributed by atoms with van der Waals surface area (Å²) in [6, 6.07) is 3.66. The lowest BCUT2D eigenvalue weighted by atomic mass is 9.90. The normalized spacial score (nSPS) is 16.3. The topological polar surface area (TPSA) is 41.4 Å². The number of amides is 1. The molecule has 0 radical (unpaired) electrons.